The summed E-state index contributed by atoms with van der Waals surface area (Å²) < 4.78 is 39.3. The molecule has 0 atom stereocenters. The number of ether oxygens (including phenoxy) is 1. The molecule has 0 aliphatic heterocycles. The molecule has 0 bridgehead atoms. The van der Waals surface area contributed by atoms with E-state index in [1.165, 1.54) is 0 Å². The first-order valence-corrected chi connectivity index (χ1v) is 3.57. The molecule has 0 saturated heterocycles. The van der Waals surface area contributed by atoms with Crippen LogP contribution in [-0.2, 0) is 11.3 Å². The van der Waals surface area contributed by atoms with Crippen LogP contribution in [0.4, 0.5) is 13.2 Å². The molecule has 1 rings (SSSR count). The minimum Gasteiger partial charge on any atom is -0.462 e. The van der Waals surface area contributed by atoms with Crippen LogP contribution in [-0.4, -0.2) is 0 Å². The summed E-state index contributed by atoms with van der Waals surface area (Å²) in [5.41, 5.74) is 0.638. The van der Waals surface area contributed by atoms with Gasteiger partial charge in [0.2, 0.25) is 0 Å². The molecule has 0 fully saturated rings. The Morgan fingerprint density at radius 3 is 2.23 bits per heavy atom. The maximum Gasteiger partial charge on any atom is 0.342 e. The minimum atomic E-state index is -2.43. The highest BCUT2D eigenvalue weighted by molar-refractivity contribution is 5.13. The van der Waals surface area contributed by atoms with Crippen LogP contribution in [0.5, 0.6) is 0 Å². The van der Waals surface area contributed by atoms with Crippen LogP contribution in [0.3, 0.4) is 0 Å². The number of benzene rings is 1. The summed E-state index contributed by atoms with van der Waals surface area (Å²) in [5, 5.41) is 0. The molecule has 0 amide bonds. The molecule has 0 radical (unpaired) electrons. The van der Waals surface area contributed by atoms with E-state index in [9.17, 15) is 13.2 Å². The first-order chi connectivity index (χ1) is 6.20. The monoisotopic (exact) mass is 188 g/mol. The fourth-order valence-electron chi connectivity index (χ4n) is 0.775. The zero-order chi connectivity index (χ0) is 9.68. The molecule has 0 aliphatic carbocycles. The topological polar surface area (TPSA) is 9.23 Å². The molecular formula is C9H7F3O. The van der Waals surface area contributed by atoms with Gasteiger partial charge in [0.1, 0.15) is 6.61 Å². The number of rotatable bonds is 3. The summed E-state index contributed by atoms with van der Waals surface area (Å²) >= 11 is 0. The second kappa shape index (κ2) is 4.54. The zero-order valence-electron chi connectivity index (χ0n) is 6.64. The Balaban J connectivity index is 2.49. The minimum absolute atomic E-state index is 0.190. The molecule has 0 unspecified atom stereocenters. The lowest BCUT2D eigenvalue weighted by Gasteiger charge is -2.01. The van der Waals surface area contributed by atoms with E-state index < -0.39 is 12.1 Å². The highest BCUT2D eigenvalue weighted by Crippen LogP contribution is 2.12. The van der Waals surface area contributed by atoms with Gasteiger partial charge < -0.3 is 4.74 Å². The van der Waals surface area contributed by atoms with E-state index in [0.717, 1.165) is 0 Å². The van der Waals surface area contributed by atoms with Crippen molar-refractivity contribution in [1.29, 1.82) is 0 Å². The summed E-state index contributed by atoms with van der Waals surface area (Å²) in [6.45, 7) is -0.190. The van der Waals surface area contributed by atoms with Gasteiger partial charge in [0.25, 0.3) is 0 Å². The summed E-state index contributed by atoms with van der Waals surface area (Å²) in [6, 6.07) is 6.69. The van der Waals surface area contributed by atoms with E-state index in [1.54, 1.807) is 30.3 Å². The predicted molar refractivity (Wildman–Crippen MR) is 41.6 cm³/mol. The third-order valence-electron chi connectivity index (χ3n) is 1.36. The summed E-state index contributed by atoms with van der Waals surface area (Å²) in [6.07, 6.45) is -2.43. The average Bonchev–Trinajstić information content (AvgIpc) is 2.15. The van der Waals surface area contributed by atoms with Crippen LogP contribution < -0.4 is 0 Å². The van der Waals surface area contributed by atoms with E-state index in [4.69, 9.17) is 0 Å². The van der Waals surface area contributed by atoms with E-state index in [1.807, 2.05) is 0 Å². The van der Waals surface area contributed by atoms with Crippen LogP contribution in [0, 0.1) is 0 Å². The van der Waals surface area contributed by atoms with Gasteiger partial charge in [-0.1, -0.05) is 30.3 Å². The summed E-state index contributed by atoms with van der Waals surface area (Å²) in [7, 11) is 0. The molecular weight excluding hydrogens is 181 g/mol. The zero-order valence-corrected chi connectivity index (χ0v) is 6.64. The van der Waals surface area contributed by atoms with Crippen molar-refractivity contribution in [2.75, 3.05) is 0 Å². The fraction of sp³-hybridized carbons (Fsp3) is 0.111. The Bertz CT molecular complexity index is 291. The molecule has 1 aromatic rings. The van der Waals surface area contributed by atoms with Crippen molar-refractivity contribution in [1.82, 2.24) is 0 Å². The Morgan fingerprint density at radius 1 is 1.08 bits per heavy atom. The van der Waals surface area contributed by atoms with Gasteiger partial charge >= 0.3 is 12.1 Å². The Kier molecular flexibility index (Phi) is 3.37. The first-order valence-electron chi connectivity index (χ1n) is 3.57. The Morgan fingerprint density at radius 2 is 1.69 bits per heavy atom. The lowest BCUT2D eigenvalue weighted by Crippen LogP contribution is -1.90. The molecule has 0 N–H and O–H groups in total. The van der Waals surface area contributed by atoms with Crippen molar-refractivity contribution in [2.45, 2.75) is 6.61 Å². The van der Waals surface area contributed by atoms with E-state index in [2.05, 4.69) is 4.74 Å². The van der Waals surface area contributed by atoms with E-state index in [-0.39, 0.29) is 6.61 Å². The third-order valence-corrected chi connectivity index (χ3v) is 1.36. The van der Waals surface area contributed by atoms with Crippen LogP contribution in [0.2, 0.25) is 0 Å². The van der Waals surface area contributed by atoms with E-state index in [0.29, 0.717) is 5.56 Å². The second-order valence-corrected chi connectivity index (χ2v) is 2.31. The van der Waals surface area contributed by atoms with Crippen molar-refractivity contribution in [3.8, 4) is 0 Å². The normalized spacial score (nSPS) is 9.46. The van der Waals surface area contributed by atoms with Gasteiger partial charge in [0.15, 0.2) is 0 Å². The second-order valence-electron chi connectivity index (χ2n) is 2.31. The molecule has 0 aliphatic rings. The summed E-state index contributed by atoms with van der Waals surface area (Å²) in [4.78, 5) is 0. The number of halogens is 3. The average molecular weight is 188 g/mol. The van der Waals surface area contributed by atoms with Gasteiger partial charge in [-0.3, -0.25) is 0 Å². The van der Waals surface area contributed by atoms with Crippen molar-refractivity contribution >= 4 is 0 Å². The lowest BCUT2D eigenvalue weighted by atomic mass is 10.2. The third kappa shape index (κ3) is 3.19. The Hall–Kier alpha value is -1.45. The standard InChI is InChI=1S/C9H7F3O/c10-8(11)9(12)13-6-7-4-2-1-3-5-7/h1-5H,6H2. The van der Waals surface area contributed by atoms with Crippen LogP contribution in [0.1, 0.15) is 5.56 Å². The van der Waals surface area contributed by atoms with Gasteiger partial charge in [-0.25, -0.2) is 0 Å². The SMILES string of the molecule is FC(F)=C(F)OCc1ccccc1. The maximum absolute atomic E-state index is 12.1. The van der Waals surface area contributed by atoms with Gasteiger partial charge in [-0.2, -0.15) is 13.2 Å². The van der Waals surface area contributed by atoms with E-state index >= 15 is 0 Å². The fourth-order valence-corrected chi connectivity index (χ4v) is 0.775. The number of hydrogen-bond donors (Lipinski definition) is 0. The molecule has 0 aromatic heterocycles. The van der Waals surface area contributed by atoms with Crippen LogP contribution in [0.15, 0.2) is 42.4 Å². The van der Waals surface area contributed by atoms with Crippen molar-refractivity contribution < 1.29 is 17.9 Å². The molecule has 70 valence electrons. The smallest absolute Gasteiger partial charge is 0.342 e. The Labute approximate surface area is 73.4 Å². The van der Waals surface area contributed by atoms with Crippen molar-refractivity contribution in [3.05, 3.63) is 48.0 Å². The van der Waals surface area contributed by atoms with Gasteiger partial charge in [-0.15, -0.1) is 0 Å². The molecule has 13 heavy (non-hydrogen) atoms. The molecule has 4 heteroatoms. The molecule has 0 heterocycles. The van der Waals surface area contributed by atoms with Crippen molar-refractivity contribution in [3.63, 3.8) is 0 Å². The molecule has 0 spiro atoms. The molecule has 1 aromatic carbocycles. The van der Waals surface area contributed by atoms with Gasteiger partial charge in [-0.05, 0) is 5.56 Å². The highest BCUT2D eigenvalue weighted by atomic mass is 19.3. The van der Waals surface area contributed by atoms with Crippen LogP contribution >= 0.6 is 0 Å². The number of hydrogen-bond acceptors (Lipinski definition) is 1. The van der Waals surface area contributed by atoms with Crippen molar-refractivity contribution in [2.24, 2.45) is 0 Å². The van der Waals surface area contributed by atoms with Crippen LogP contribution in [0.25, 0.3) is 0 Å². The summed E-state index contributed by atoms with van der Waals surface area (Å²) in [5.74, 6) is 0. The quantitative estimate of drug-likeness (QED) is 0.661. The predicted octanol–water partition coefficient (Wildman–Crippen LogP) is 3.24. The van der Waals surface area contributed by atoms with Gasteiger partial charge in [0, 0.05) is 0 Å². The molecule has 1 nitrogen and oxygen atoms in total. The first kappa shape index (κ1) is 9.64. The maximum atomic E-state index is 12.1. The molecule has 0 saturated carbocycles. The largest absolute Gasteiger partial charge is 0.462 e. The van der Waals surface area contributed by atoms with Gasteiger partial charge in [0.05, 0.1) is 0 Å². The lowest BCUT2D eigenvalue weighted by molar-refractivity contribution is 0.108. The highest BCUT2D eigenvalue weighted by Gasteiger charge is 2.05.